The number of rotatable bonds is 11. The van der Waals surface area contributed by atoms with Gasteiger partial charge in [-0.05, 0) is 48.7 Å². The van der Waals surface area contributed by atoms with E-state index in [-0.39, 0.29) is 37.6 Å². The summed E-state index contributed by atoms with van der Waals surface area (Å²) >= 11 is 0. The highest BCUT2D eigenvalue weighted by Gasteiger charge is 2.40. The Hall–Kier alpha value is -4.47. The van der Waals surface area contributed by atoms with E-state index in [4.69, 9.17) is 18.9 Å². The van der Waals surface area contributed by atoms with Gasteiger partial charge in [0, 0.05) is 60.6 Å². The molecule has 2 aliphatic heterocycles. The number of fused-ring (bicyclic) bond motifs is 1. The molecule has 0 bridgehead atoms. The van der Waals surface area contributed by atoms with Gasteiger partial charge in [-0.15, -0.1) is 0 Å². The summed E-state index contributed by atoms with van der Waals surface area (Å²) in [6, 6.07) is 13.5. The molecular formula is C34H34F4N4O6S. The fraction of sp³-hybridized carbons (Fsp3) is 0.353. The Balaban J connectivity index is 1.37. The van der Waals surface area contributed by atoms with Crippen molar-refractivity contribution in [3.63, 3.8) is 0 Å². The monoisotopic (exact) mass is 702 g/mol. The number of alkyl halides is 2. The minimum atomic E-state index is -4.61. The molecule has 1 saturated heterocycles. The van der Waals surface area contributed by atoms with E-state index in [1.54, 1.807) is 30.3 Å². The van der Waals surface area contributed by atoms with Crippen LogP contribution in [0.2, 0.25) is 0 Å². The molecule has 1 aromatic heterocycles. The standard InChI is InChI=1S/C34H34F4N4O6S/c1-45-24-8-5-22(30(16-24)46-2)19-42(33-9-12-39-20-40-33)49(43,44)32-18-31-26(17-27(32)36)28(11-14-47-31)41-13-10-25(48-34(37)38)15-29(41)21-3-6-23(35)7-4-21/h3-9,12,16-18,20,25,28-29,34H,10-11,13-15,19H2,1-2H3/t25-,28-,29+/m1/s1. The van der Waals surface area contributed by atoms with Crippen LogP contribution in [0.25, 0.3) is 0 Å². The zero-order chi connectivity index (χ0) is 34.7. The second kappa shape index (κ2) is 14.6. The van der Waals surface area contributed by atoms with Crippen molar-refractivity contribution in [1.82, 2.24) is 14.9 Å². The van der Waals surface area contributed by atoms with Crippen LogP contribution in [-0.4, -0.2) is 63.4 Å². The van der Waals surface area contributed by atoms with E-state index in [1.165, 1.54) is 51.0 Å². The van der Waals surface area contributed by atoms with Crippen molar-refractivity contribution in [2.75, 3.05) is 31.7 Å². The number of hydrogen-bond acceptors (Lipinski definition) is 9. The SMILES string of the molecule is COc1ccc(CN(c2ccncn2)S(=O)(=O)c2cc3c(cc2F)[C@H](N2CC[C@@H](OC(F)F)C[C@H]2c2ccc(F)cc2)CCO3)c(OC)c1. The minimum Gasteiger partial charge on any atom is -0.497 e. The first-order chi connectivity index (χ1) is 23.6. The van der Waals surface area contributed by atoms with Crippen molar-refractivity contribution in [2.45, 2.75) is 55.5 Å². The molecule has 1 fully saturated rings. The molecule has 49 heavy (non-hydrogen) atoms. The Labute approximate surface area is 281 Å². The number of hydrogen-bond donors (Lipinski definition) is 0. The molecule has 260 valence electrons. The van der Waals surface area contributed by atoms with E-state index >= 15 is 4.39 Å². The summed E-state index contributed by atoms with van der Waals surface area (Å²) in [6.07, 6.45) is 2.72. The lowest BCUT2D eigenvalue weighted by atomic mass is 9.88. The number of nitrogens with zero attached hydrogens (tertiary/aromatic N) is 4. The van der Waals surface area contributed by atoms with Crippen LogP contribution in [0.3, 0.4) is 0 Å². The van der Waals surface area contributed by atoms with Crippen LogP contribution >= 0.6 is 0 Å². The molecule has 0 N–H and O–H groups in total. The molecule has 3 atom stereocenters. The van der Waals surface area contributed by atoms with E-state index < -0.39 is 51.4 Å². The van der Waals surface area contributed by atoms with Crippen molar-refractivity contribution in [3.05, 3.63) is 102 Å². The van der Waals surface area contributed by atoms with Gasteiger partial charge in [-0.1, -0.05) is 12.1 Å². The highest BCUT2D eigenvalue weighted by atomic mass is 32.2. The predicted molar refractivity (Wildman–Crippen MR) is 170 cm³/mol. The van der Waals surface area contributed by atoms with Crippen LogP contribution < -0.4 is 18.5 Å². The third-order valence-corrected chi connectivity index (χ3v) is 10.6. The summed E-state index contributed by atoms with van der Waals surface area (Å²) in [7, 11) is -1.68. The number of anilines is 1. The number of sulfonamides is 1. The van der Waals surface area contributed by atoms with Gasteiger partial charge in [0.05, 0.1) is 33.5 Å². The summed E-state index contributed by atoms with van der Waals surface area (Å²) < 4.78 is 108. The predicted octanol–water partition coefficient (Wildman–Crippen LogP) is 6.44. The average Bonchev–Trinajstić information content (AvgIpc) is 3.10. The Bertz CT molecular complexity index is 1870. The van der Waals surface area contributed by atoms with Crippen LogP contribution in [0.5, 0.6) is 17.2 Å². The van der Waals surface area contributed by atoms with Gasteiger partial charge < -0.3 is 18.9 Å². The van der Waals surface area contributed by atoms with Gasteiger partial charge in [-0.3, -0.25) is 4.90 Å². The molecule has 0 spiro atoms. The summed E-state index contributed by atoms with van der Waals surface area (Å²) in [5.41, 5.74) is 1.56. The molecule has 0 aliphatic carbocycles. The zero-order valence-corrected chi connectivity index (χ0v) is 27.5. The lowest BCUT2D eigenvalue weighted by molar-refractivity contribution is -0.180. The van der Waals surface area contributed by atoms with Crippen LogP contribution in [0.1, 0.15) is 48.0 Å². The average molecular weight is 703 g/mol. The molecule has 2 aliphatic rings. The van der Waals surface area contributed by atoms with E-state index in [9.17, 15) is 21.6 Å². The summed E-state index contributed by atoms with van der Waals surface area (Å²) in [5.74, 6) is -0.435. The lowest BCUT2D eigenvalue weighted by Gasteiger charge is -2.45. The fourth-order valence-electron chi connectivity index (χ4n) is 6.50. The zero-order valence-electron chi connectivity index (χ0n) is 26.6. The number of piperidine rings is 1. The van der Waals surface area contributed by atoms with Gasteiger partial charge >= 0.3 is 6.61 Å². The van der Waals surface area contributed by atoms with Crippen molar-refractivity contribution in [3.8, 4) is 17.2 Å². The van der Waals surface area contributed by atoms with Crippen LogP contribution in [0, 0.1) is 11.6 Å². The third-order valence-electron chi connectivity index (χ3n) is 8.82. The van der Waals surface area contributed by atoms with Crippen LogP contribution in [0.15, 0.2) is 78.1 Å². The smallest absolute Gasteiger partial charge is 0.345 e. The van der Waals surface area contributed by atoms with Crippen LogP contribution in [0.4, 0.5) is 23.4 Å². The van der Waals surface area contributed by atoms with Crippen LogP contribution in [-0.2, 0) is 21.3 Å². The van der Waals surface area contributed by atoms with Gasteiger partial charge in [0.25, 0.3) is 10.0 Å². The fourth-order valence-corrected chi connectivity index (χ4v) is 7.96. The van der Waals surface area contributed by atoms with Gasteiger partial charge in [-0.2, -0.15) is 8.78 Å². The molecule has 15 heteroatoms. The number of benzene rings is 3. The van der Waals surface area contributed by atoms with Crippen molar-refractivity contribution >= 4 is 15.8 Å². The number of ether oxygens (including phenoxy) is 4. The summed E-state index contributed by atoms with van der Waals surface area (Å²) in [4.78, 5) is 9.44. The largest absolute Gasteiger partial charge is 0.497 e. The molecule has 0 radical (unpaired) electrons. The highest BCUT2D eigenvalue weighted by Crippen LogP contribution is 2.46. The minimum absolute atomic E-state index is 0.000172. The first-order valence-electron chi connectivity index (χ1n) is 15.5. The van der Waals surface area contributed by atoms with Gasteiger partial charge in [0.15, 0.2) is 0 Å². The molecule has 3 aromatic carbocycles. The number of halogens is 4. The highest BCUT2D eigenvalue weighted by molar-refractivity contribution is 7.92. The Morgan fingerprint density at radius 2 is 1.80 bits per heavy atom. The molecule has 6 rings (SSSR count). The van der Waals surface area contributed by atoms with Gasteiger partial charge in [0.1, 0.15) is 45.9 Å². The number of aromatic nitrogens is 2. The second-order valence-corrected chi connectivity index (χ2v) is 13.4. The van der Waals surface area contributed by atoms with E-state index in [0.717, 1.165) is 10.4 Å². The maximum absolute atomic E-state index is 16.2. The normalized spacial score (nSPS) is 19.6. The van der Waals surface area contributed by atoms with Crippen molar-refractivity contribution < 1.29 is 44.9 Å². The van der Waals surface area contributed by atoms with Gasteiger partial charge in [0.2, 0.25) is 0 Å². The topological polar surface area (TPSA) is 103 Å². The first-order valence-corrected chi connectivity index (χ1v) is 16.9. The van der Waals surface area contributed by atoms with E-state index in [1.807, 2.05) is 4.90 Å². The molecule has 0 amide bonds. The number of methoxy groups -OCH3 is 2. The maximum atomic E-state index is 16.2. The van der Waals surface area contributed by atoms with E-state index in [0.29, 0.717) is 41.2 Å². The molecule has 10 nitrogen and oxygen atoms in total. The van der Waals surface area contributed by atoms with E-state index in [2.05, 4.69) is 9.97 Å². The lowest BCUT2D eigenvalue weighted by Crippen LogP contribution is -2.43. The quantitative estimate of drug-likeness (QED) is 0.164. The Morgan fingerprint density at radius 3 is 2.49 bits per heavy atom. The van der Waals surface area contributed by atoms with Gasteiger partial charge in [-0.25, -0.2) is 31.5 Å². The van der Waals surface area contributed by atoms with Crippen molar-refractivity contribution in [1.29, 1.82) is 0 Å². The Morgan fingerprint density at radius 1 is 1.00 bits per heavy atom. The third kappa shape index (κ3) is 7.28. The summed E-state index contributed by atoms with van der Waals surface area (Å²) in [6.45, 7) is -2.71. The molecule has 0 unspecified atom stereocenters. The van der Waals surface area contributed by atoms with Crippen molar-refractivity contribution in [2.24, 2.45) is 0 Å². The molecule has 4 aromatic rings. The molecule has 3 heterocycles. The molecular weight excluding hydrogens is 668 g/mol. The maximum Gasteiger partial charge on any atom is 0.345 e. The first kappa shape index (κ1) is 34.4. The second-order valence-electron chi connectivity index (χ2n) is 11.6. The number of likely N-dealkylation sites (tertiary alicyclic amines) is 1. The summed E-state index contributed by atoms with van der Waals surface area (Å²) in [5, 5.41) is 0. The Kier molecular flexibility index (Phi) is 10.2. The molecule has 0 saturated carbocycles.